The summed E-state index contributed by atoms with van der Waals surface area (Å²) >= 11 is 1.61. The minimum Gasteiger partial charge on any atom is -0.353 e. The highest BCUT2D eigenvalue weighted by molar-refractivity contribution is 7.15. The Morgan fingerprint density at radius 2 is 1.74 bits per heavy atom. The number of aromatic nitrogens is 2. The Balaban J connectivity index is 1.24. The molecule has 0 aliphatic heterocycles. The summed E-state index contributed by atoms with van der Waals surface area (Å²) in [6.07, 6.45) is 12.2. The van der Waals surface area contributed by atoms with Crippen molar-refractivity contribution in [1.29, 1.82) is 0 Å². The highest BCUT2D eigenvalue weighted by atomic mass is 32.1. The van der Waals surface area contributed by atoms with Crippen LogP contribution in [0, 0.1) is 30.1 Å². The number of amides is 1. The van der Waals surface area contributed by atoms with E-state index in [1.54, 1.807) is 17.5 Å². The third kappa shape index (κ3) is 4.08. The van der Waals surface area contributed by atoms with Crippen molar-refractivity contribution in [3.05, 3.63) is 59.2 Å². The third-order valence-electron chi connectivity index (χ3n) is 8.63. The fourth-order valence-corrected chi connectivity index (χ4v) is 8.39. The Kier molecular flexibility index (Phi) is 5.56. The van der Waals surface area contributed by atoms with Gasteiger partial charge in [0.1, 0.15) is 5.01 Å². The van der Waals surface area contributed by atoms with Gasteiger partial charge in [-0.25, -0.2) is 4.98 Å². The summed E-state index contributed by atoms with van der Waals surface area (Å²) in [6.45, 7) is 4.35. The molecule has 4 aliphatic rings. The van der Waals surface area contributed by atoms with Gasteiger partial charge in [-0.15, -0.1) is 11.3 Å². The van der Waals surface area contributed by atoms with Crippen molar-refractivity contribution < 1.29 is 4.79 Å². The zero-order valence-electron chi connectivity index (χ0n) is 20.1. The molecule has 2 heterocycles. The Labute approximate surface area is 206 Å². The summed E-state index contributed by atoms with van der Waals surface area (Å²) in [7, 11) is 0. The number of hydrogen-bond donors (Lipinski definition) is 1. The lowest BCUT2D eigenvalue weighted by molar-refractivity contribution is -0.125. The molecule has 5 heteroatoms. The number of aryl methyl sites for hydroxylation is 1. The van der Waals surface area contributed by atoms with Crippen LogP contribution in [-0.2, 0) is 11.2 Å². The van der Waals surface area contributed by atoms with E-state index in [1.165, 1.54) is 44.1 Å². The fraction of sp³-hybridized carbons (Fsp3) is 0.483. The number of nitrogens with one attached hydrogen (secondary N) is 1. The van der Waals surface area contributed by atoms with Gasteiger partial charge < -0.3 is 5.32 Å². The van der Waals surface area contributed by atoms with E-state index in [2.05, 4.69) is 48.4 Å². The van der Waals surface area contributed by atoms with Crippen molar-refractivity contribution in [2.45, 2.75) is 64.8 Å². The Morgan fingerprint density at radius 1 is 1.06 bits per heavy atom. The van der Waals surface area contributed by atoms with E-state index in [9.17, 15) is 4.79 Å². The van der Waals surface area contributed by atoms with E-state index in [0.717, 1.165) is 44.5 Å². The maximum absolute atomic E-state index is 13.4. The molecule has 7 rings (SSSR count). The van der Waals surface area contributed by atoms with E-state index in [0.29, 0.717) is 11.8 Å². The van der Waals surface area contributed by atoms with Crippen molar-refractivity contribution >= 4 is 17.2 Å². The molecule has 1 atom stereocenters. The van der Waals surface area contributed by atoms with Gasteiger partial charge in [-0.05, 0) is 87.7 Å². The van der Waals surface area contributed by atoms with Gasteiger partial charge in [0.25, 0.3) is 0 Å². The van der Waals surface area contributed by atoms with Gasteiger partial charge in [-0.3, -0.25) is 9.78 Å². The molecule has 0 unspecified atom stereocenters. The van der Waals surface area contributed by atoms with Gasteiger partial charge in [0.2, 0.25) is 5.91 Å². The summed E-state index contributed by atoms with van der Waals surface area (Å²) in [5.41, 5.74) is 4.51. The largest absolute Gasteiger partial charge is 0.353 e. The van der Waals surface area contributed by atoms with Crippen molar-refractivity contribution in [2.75, 3.05) is 0 Å². The average Bonchev–Trinajstić information content (AvgIpc) is 3.23. The summed E-state index contributed by atoms with van der Waals surface area (Å²) < 4.78 is 0. The SMILES string of the molecule is Cc1ccc(-c2nc(-c3cccnc3)sc2CC(=O)N[C@@H](C)C23CC4CC(CC(C4)C2)C3)cc1. The topological polar surface area (TPSA) is 54.9 Å². The second kappa shape index (κ2) is 8.60. The minimum absolute atomic E-state index is 0.123. The molecule has 34 heavy (non-hydrogen) atoms. The van der Waals surface area contributed by atoms with Crippen LogP contribution in [0.2, 0.25) is 0 Å². The molecule has 0 spiro atoms. The lowest BCUT2D eigenvalue weighted by atomic mass is 9.48. The number of nitrogens with zero attached hydrogens (tertiary/aromatic N) is 2. The number of pyridine rings is 1. The highest BCUT2D eigenvalue weighted by Crippen LogP contribution is 2.61. The fourth-order valence-electron chi connectivity index (χ4n) is 7.32. The lowest BCUT2D eigenvalue weighted by Crippen LogP contribution is -2.56. The van der Waals surface area contributed by atoms with Crippen LogP contribution in [-0.4, -0.2) is 21.9 Å². The molecule has 4 saturated carbocycles. The van der Waals surface area contributed by atoms with E-state index in [4.69, 9.17) is 4.98 Å². The monoisotopic (exact) mass is 471 g/mol. The predicted molar refractivity (Wildman–Crippen MR) is 137 cm³/mol. The van der Waals surface area contributed by atoms with Gasteiger partial charge in [0.15, 0.2) is 0 Å². The maximum Gasteiger partial charge on any atom is 0.225 e. The van der Waals surface area contributed by atoms with E-state index >= 15 is 0 Å². The molecule has 0 saturated heterocycles. The summed E-state index contributed by atoms with van der Waals surface area (Å²) in [4.78, 5) is 23.6. The predicted octanol–water partition coefficient (Wildman–Crippen LogP) is 6.44. The average molecular weight is 472 g/mol. The minimum atomic E-state index is 0.123. The number of hydrogen-bond acceptors (Lipinski definition) is 4. The number of carbonyl (C=O) groups excluding carboxylic acids is 1. The molecule has 4 nitrogen and oxygen atoms in total. The molecule has 1 amide bonds. The van der Waals surface area contributed by atoms with Crippen LogP contribution < -0.4 is 5.32 Å². The van der Waals surface area contributed by atoms with Crippen LogP contribution >= 0.6 is 11.3 Å². The molecule has 0 radical (unpaired) electrons. The van der Waals surface area contributed by atoms with Crippen molar-refractivity contribution in [1.82, 2.24) is 15.3 Å². The first kappa shape index (κ1) is 22.0. The van der Waals surface area contributed by atoms with Gasteiger partial charge in [-0.1, -0.05) is 29.8 Å². The number of carbonyl (C=O) groups is 1. The van der Waals surface area contributed by atoms with Crippen LogP contribution in [0.15, 0.2) is 48.8 Å². The van der Waals surface area contributed by atoms with Gasteiger partial charge in [0.05, 0.1) is 12.1 Å². The molecule has 4 fully saturated rings. The van der Waals surface area contributed by atoms with Gasteiger partial charge >= 0.3 is 0 Å². The molecule has 2 aromatic heterocycles. The van der Waals surface area contributed by atoms with E-state index < -0.39 is 0 Å². The molecule has 4 bridgehead atoms. The summed E-state index contributed by atoms with van der Waals surface area (Å²) in [5, 5.41) is 4.37. The van der Waals surface area contributed by atoms with Crippen LogP contribution in [0.5, 0.6) is 0 Å². The molecule has 3 aromatic rings. The molecule has 1 aromatic carbocycles. The maximum atomic E-state index is 13.4. The first-order chi connectivity index (χ1) is 16.5. The molecular formula is C29H33N3OS. The third-order valence-corrected chi connectivity index (χ3v) is 9.74. The quantitative estimate of drug-likeness (QED) is 0.450. The van der Waals surface area contributed by atoms with E-state index in [1.807, 2.05) is 18.3 Å². The molecule has 4 aliphatic carbocycles. The molecule has 176 valence electrons. The van der Waals surface area contributed by atoms with Crippen molar-refractivity contribution in [2.24, 2.45) is 23.2 Å². The molecular weight excluding hydrogens is 438 g/mol. The lowest BCUT2D eigenvalue weighted by Gasteiger charge is -2.59. The van der Waals surface area contributed by atoms with E-state index in [-0.39, 0.29) is 11.9 Å². The van der Waals surface area contributed by atoms with Crippen LogP contribution in [0.1, 0.15) is 55.9 Å². The zero-order valence-corrected chi connectivity index (χ0v) is 20.9. The molecule has 1 N–H and O–H groups in total. The van der Waals surface area contributed by atoms with Gasteiger partial charge in [-0.2, -0.15) is 0 Å². The van der Waals surface area contributed by atoms with Gasteiger partial charge in [0, 0.05) is 34.4 Å². The Bertz CT molecular complexity index is 1150. The standard InChI is InChI=1S/C29H33N3OS/c1-18-5-7-23(8-6-18)27-25(34-28(32-27)24-4-3-9-30-17-24)13-26(33)31-19(2)29-14-20-10-21(15-29)12-22(11-20)16-29/h3-9,17,19-22H,10-16H2,1-2H3,(H,31,33)/t19-,20?,21?,22?,29?/m0/s1. The normalized spacial score (nSPS) is 28.1. The number of rotatable bonds is 6. The first-order valence-corrected chi connectivity index (χ1v) is 13.6. The first-order valence-electron chi connectivity index (χ1n) is 12.7. The smallest absolute Gasteiger partial charge is 0.225 e. The van der Waals surface area contributed by atoms with Crippen molar-refractivity contribution in [3.63, 3.8) is 0 Å². The summed E-state index contributed by atoms with van der Waals surface area (Å²) in [5.74, 6) is 2.80. The van der Waals surface area contributed by atoms with Crippen LogP contribution in [0.4, 0.5) is 0 Å². The highest BCUT2D eigenvalue weighted by Gasteiger charge is 2.53. The Morgan fingerprint density at radius 3 is 2.35 bits per heavy atom. The number of thiazole rings is 1. The Hall–Kier alpha value is -2.53. The second-order valence-electron chi connectivity index (χ2n) is 11.1. The van der Waals surface area contributed by atoms with Crippen LogP contribution in [0.25, 0.3) is 21.8 Å². The number of benzene rings is 1. The van der Waals surface area contributed by atoms with Crippen LogP contribution in [0.3, 0.4) is 0 Å². The zero-order chi connectivity index (χ0) is 23.3. The second-order valence-corrected chi connectivity index (χ2v) is 12.2. The summed E-state index contributed by atoms with van der Waals surface area (Å²) in [6, 6.07) is 12.6. The van der Waals surface area contributed by atoms with Crippen molar-refractivity contribution in [3.8, 4) is 21.8 Å².